The molecule has 0 amide bonds. The van der Waals surface area contributed by atoms with Gasteiger partial charge < -0.3 is 10.1 Å². The van der Waals surface area contributed by atoms with Crippen molar-refractivity contribution in [2.24, 2.45) is 0 Å². The number of aromatic amines is 1. The number of carbonyl (C=O) groups is 1. The second-order valence-electron chi connectivity index (χ2n) is 5.61. The Morgan fingerprint density at radius 2 is 1.76 bits per heavy atom. The minimum atomic E-state index is -0.745. The maximum atomic E-state index is 9.37. The first kappa shape index (κ1) is 16.6. The number of aromatic nitrogens is 3. The molecular weight excluding hydrogens is 314 g/mol. The fourth-order valence-corrected chi connectivity index (χ4v) is 2.61. The van der Waals surface area contributed by atoms with E-state index in [4.69, 9.17) is 10.1 Å². The van der Waals surface area contributed by atoms with Gasteiger partial charge in [-0.25, -0.2) is 4.98 Å². The summed E-state index contributed by atoms with van der Waals surface area (Å²) in [5.41, 5.74) is 5.31. The average molecular weight is 333 g/mol. The summed E-state index contributed by atoms with van der Waals surface area (Å²) < 4.78 is 0. The molecule has 0 saturated heterocycles. The van der Waals surface area contributed by atoms with Gasteiger partial charge in [-0.05, 0) is 11.6 Å². The minimum absolute atomic E-state index is 0.222. The highest BCUT2D eigenvalue weighted by Crippen LogP contribution is 2.24. The van der Waals surface area contributed by atoms with Gasteiger partial charge in [0.1, 0.15) is 5.52 Å². The molecule has 2 aromatic carbocycles. The summed E-state index contributed by atoms with van der Waals surface area (Å²) in [5.74, 6) is -0.745. The van der Waals surface area contributed by atoms with Crippen molar-refractivity contribution >= 4 is 27.9 Å². The molecule has 0 spiro atoms. The maximum absolute atomic E-state index is 9.37. The van der Waals surface area contributed by atoms with Crippen LogP contribution in [0.15, 0.2) is 60.9 Å². The molecular formula is C20H19N3O2. The molecule has 0 saturated carbocycles. The lowest BCUT2D eigenvalue weighted by Crippen LogP contribution is -1.95. The van der Waals surface area contributed by atoms with Gasteiger partial charge in [0.2, 0.25) is 0 Å². The number of nitrogens with zero attached hydrogens (tertiary/aromatic N) is 2. The number of carboxylic acids is 1. The monoisotopic (exact) mass is 333 g/mol. The van der Waals surface area contributed by atoms with E-state index >= 15 is 0 Å². The molecule has 4 rings (SSSR count). The summed E-state index contributed by atoms with van der Waals surface area (Å²) in [5, 5.41) is 8.84. The van der Waals surface area contributed by atoms with E-state index in [0.717, 1.165) is 34.1 Å². The van der Waals surface area contributed by atoms with Crippen LogP contribution < -0.4 is 0 Å². The number of H-pyrrole nitrogens is 1. The van der Waals surface area contributed by atoms with Crippen molar-refractivity contribution in [1.29, 1.82) is 0 Å². The SMILES string of the molecule is CCC(=O)O.c1ccc(Cc2nc3ccccc3c3[nH]cnc23)cc1. The van der Waals surface area contributed by atoms with E-state index in [1.807, 2.05) is 24.3 Å². The smallest absolute Gasteiger partial charge is 0.303 e. The molecule has 0 bridgehead atoms. The molecule has 4 aromatic rings. The van der Waals surface area contributed by atoms with Crippen LogP contribution in [-0.2, 0) is 11.2 Å². The highest BCUT2D eigenvalue weighted by atomic mass is 16.4. The zero-order valence-electron chi connectivity index (χ0n) is 13.9. The van der Waals surface area contributed by atoms with Crippen LogP contribution in [0.4, 0.5) is 0 Å². The Bertz CT molecular complexity index is 994. The van der Waals surface area contributed by atoms with Crippen molar-refractivity contribution in [1.82, 2.24) is 15.0 Å². The first-order valence-corrected chi connectivity index (χ1v) is 8.15. The fraction of sp³-hybridized carbons (Fsp3) is 0.150. The van der Waals surface area contributed by atoms with Gasteiger partial charge in [-0.1, -0.05) is 55.5 Å². The Balaban J connectivity index is 0.000000324. The summed E-state index contributed by atoms with van der Waals surface area (Å²) in [6, 6.07) is 18.5. The predicted octanol–water partition coefficient (Wildman–Crippen LogP) is 4.18. The van der Waals surface area contributed by atoms with Crippen molar-refractivity contribution in [3.05, 3.63) is 72.2 Å². The number of pyridine rings is 1. The van der Waals surface area contributed by atoms with Gasteiger partial charge in [0, 0.05) is 18.2 Å². The van der Waals surface area contributed by atoms with Gasteiger partial charge in [0.15, 0.2) is 0 Å². The standard InChI is InChI=1S/C17H13N3.C3H6O2/c1-2-6-12(7-3-1)10-15-17-16(18-11-19-17)13-8-4-5-9-14(13)20-15;1-2-3(4)5/h1-9,11H,10H2,(H,18,19);2H2,1H3,(H,4,5). The zero-order valence-corrected chi connectivity index (χ0v) is 13.9. The largest absolute Gasteiger partial charge is 0.481 e. The molecule has 0 aliphatic heterocycles. The maximum Gasteiger partial charge on any atom is 0.303 e. The lowest BCUT2D eigenvalue weighted by molar-refractivity contribution is -0.136. The number of hydrogen-bond donors (Lipinski definition) is 2. The van der Waals surface area contributed by atoms with Crippen LogP contribution in [0.2, 0.25) is 0 Å². The summed E-state index contributed by atoms with van der Waals surface area (Å²) in [6.45, 7) is 1.60. The molecule has 0 unspecified atom stereocenters. The number of fused-ring (bicyclic) bond motifs is 3. The Kier molecular flexibility index (Phi) is 5.04. The van der Waals surface area contributed by atoms with Gasteiger partial charge in [0.05, 0.1) is 23.1 Å². The Labute approximate surface area is 145 Å². The van der Waals surface area contributed by atoms with E-state index in [2.05, 4.69) is 40.3 Å². The first-order chi connectivity index (χ1) is 12.2. The highest BCUT2D eigenvalue weighted by Gasteiger charge is 2.10. The van der Waals surface area contributed by atoms with Crippen LogP contribution in [0.3, 0.4) is 0 Å². The molecule has 5 heteroatoms. The van der Waals surface area contributed by atoms with Crippen molar-refractivity contribution in [2.75, 3.05) is 0 Å². The van der Waals surface area contributed by atoms with Crippen molar-refractivity contribution in [2.45, 2.75) is 19.8 Å². The third-order valence-corrected chi connectivity index (χ3v) is 3.86. The molecule has 0 atom stereocenters. The van der Waals surface area contributed by atoms with Crippen LogP contribution in [0.5, 0.6) is 0 Å². The zero-order chi connectivity index (χ0) is 17.6. The van der Waals surface area contributed by atoms with E-state index in [9.17, 15) is 4.79 Å². The average Bonchev–Trinajstić information content (AvgIpc) is 3.14. The predicted molar refractivity (Wildman–Crippen MR) is 98.6 cm³/mol. The Hall–Kier alpha value is -3.21. The Morgan fingerprint density at radius 1 is 1.08 bits per heavy atom. The van der Waals surface area contributed by atoms with Gasteiger partial charge in [-0.2, -0.15) is 0 Å². The van der Waals surface area contributed by atoms with Gasteiger partial charge in [-0.3, -0.25) is 9.78 Å². The van der Waals surface area contributed by atoms with Crippen LogP contribution in [-0.4, -0.2) is 26.0 Å². The molecule has 2 aromatic heterocycles. The van der Waals surface area contributed by atoms with Crippen LogP contribution >= 0.6 is 0 Å². The molecule has 25 heavy (non-hydrogen) atoms. The lowest BCUT2D eigenvalue weighted by atomic mass is 10.1. The van der Waals surface area contributed by atoms with E-state index in [1.54, 1.807) is 13.3 Å². The van der Waals surface area contributed by atoms with Gasteiger partial charge in [0.25, 0.3) is 0 Å². The number of aliphatic carboxylic acids is 1. The number of imidazole rings is 1. The fourth-order valence-electron chi connectivity index (χ4n) is 2.61. The third kappa shape index (κ3) is 3.83. The first-order valence-electron chi connectivity index (χ1n) is 8.15. The molecule has 5 nitrogen and oxygen atoms in total. The van der Waals surface area contributed by atoms with E-state index in [-0.39, 0.29) is 6.42 Å². The second-order valence-corrected chi connectivity index (χ2v) is 5.61. The third-order valence-electron chi connectivity index (χ3n) is 3.86. The number of hydrogen-bond acceptors (Lipinski definition) is 3. The van der Waals surface area contributed by atoms with Gasteiger partial charge >= 0.3 is 5.97 Å². The van der Waals surface area contributed by atoms with Crippen molar-refractivity contribution < 1.29 is 9.90 Å². The number of nitrogens with one attached hydrogen (secondary N) is 1. The van der Waals surface area contributed by atoms with E-state index in [1.165, 1.54) is 5.56 Å². The second kappa shape index (κ2) is 7.57. The minimum Gasteiger partial charge on any atom is -0.481 e. The van der Waals surface area contributed by atoms with Crippen LogP contribution in [0.1, 0.15) is 24.6 Å². The number of rotatable bonds is 3. The highest BCUT2D eigenvalue weighted by molar-refractivity contribution is 6.02. The normalized spacial score (nSPS) is 10.4. The molecule has 0 aliphatic carbocycles. The molecule has 126 valence electrons. The van der Waals surface area contributed by atoms with Gasteiger partial charge in [-0.15, -0.1) is 0 Å². The van der Waals surface area contributed by atoms with Crippen LogP contribution in [0, 0.1) is 0 Å². The molecule has 0 aliphatic rings. The summed E-state index contributed by atoms with van der Waals surface area (Å²) in [6.07, 6.45) is 2.76. The number of para-hydroxylation sites is 1. The topological polar surface area (TPSA) is 78.9 Å². The molecule has 0 radical (unpaired) electrons. The molecule has 2 heterocycles. The van der Waals surface area contributed by atoms with Crippen molar-refractivity contribution in [3.8, 4) is 0 Å². The lowest BCUT2D eigenvalue weighted by Gasteiger charge is -2.05. The summed E-state index contributed by atoms with van der Waals surface area (Å²) in [7, 11) is 0. The number of carboxylic acid groups (broad SMARTS) is 1. The molecule has 0 fully saturated rings. The summed E-state index contributed by atoms with van der Waals surface area (Å²) in [4.78, 5) is 21.8. The van der Waals surface area contributed by atoms with E-state index < -0.39 is 5.97 Å². The van der Waals surface area contributed by atoms with Crippen LogP contribution in [0.25, 0.3) is 21.9 Å². The Morgan fingerprint density at radius 3 is 2.48 bits per heavy atom. The van der Waals surface area contributed by atoms with E-state index in [0.29, 0.717) is 0 Å². The molecule has 2 N–H and O–H groups in total. The quantitative estimate of drug-likeness (QED) is 0.589. The summed E-state index contributed by atoms with van der Waals surface area (Å²) >= 11 is 0. The van der Waals surface area contributed by atoms with Crippen molar-refractivity contribution in [3.63, 3.8) is 0 Å². The number of benzene rings is 2.